The summed E-state index contributed by atoms with van der Waals surface area (Å²) in [6, 6.07) is 12.9. The van der Waals surface area contributed by atoms with Gasteiger partial charge in [0.2, 0.25) is 5.43 Å². The summed E-state index contributed by atoms with van der Waals surface area (Å²) < 4.78 is 1.50. The molecule has 3 rings (SSSR count). The molecular weight excluding hydrogens is 397 g/mol. The van der Waals surface area contributed by atoms with Gasteiger partial charge in [0, 0.05) is 22.5 Å². The lowest BCUT2D eigenvalue weighted by molar-refractivity contribution is 0.101. The Kier molecular flexibility index (Phi) is 5.32. The Bertz CT molecular complexity index is 1050. The summed E-state index contributed by atoms with van der Waals surface area (Å²) in [6.45, 7) is 1.73. The number of hydrogen-bond donors (Lipinski definition) is 1. The van der Waals surface area contributed by atoms with Gasteiger partial charge in [-0.3, -0.25) is 9.59 Å². The van der Waals surface area contributed by atoms with Crippen LogP contribution in [0.5, 0.6) is 0 Å². The average Bonchev–Trinajstić information content (AvgIpc) is 2.59. The first kappa shape index (κ1) is 18.5. The van der Waals surface area contributed by atoms with Crippen molar-refractivity contribution in [1.29, 1.82) is 0 Å². The molecule has 0 spiro atoms. The molecule has 0 saturated heterocycles. The quantitative estimate of drug-likeness (QED) is 0.680. The number of amides is 1. The lowest BCUT2D eigenvalue weighted by Gasteiger charge is -2.11. The van der Waals surface area contributed by atoms with Gasteiger partial charge in [-0.15, -0.1) is 0 Å². The number of halogens is 3. The molecule has 1 aromatic heterocycles. The van der Waals surface area contributed by atoms with Crippen LogP contribution >= 0.6 is 34.8 Å². The van der Waals surface area contributed by atoms with Crippen LogP contribution in [0.3, 0.4) is 0 Å². The van der Waals surface area contributed by atoms with E-state index in [0.717, 1.165) is 0 Å². The molecule has 0 aliphatic heterocycles. The van der Waals surface area contributed by atoms with Gasteiger partial charge in [-0.25, -0.2) is 4.68 Å². The first-order chi connectivity index (χ1) is 12.3. The Balaban J connectivity index is 1.97. The van der Waals surface area contributed by atoms with Crippen LogP contribution in [0, 0.1) is 6.92 Å². The molecule has 0 saturated carbocycles. The highest BCUT2D eigenvalue weighted by molar-refractivity contribution is 6.42. The number of hydrogen-bond acceptors (Lipinski definition) is 3. The van der Waals surface area contributed by atoms with E-state index in [4.69, 9.17) is 34.8 Å². The van der Waals surface area contributed by atoms with Crippen LogP contribution in [0.2, 0.25) is 15.1 Å². The molecule has 5 nitrogen and oxygen atoms in total. The molecule has 132 valence electrons. The molecule has 1 heterocycles. The van der Waals surface area contributed by atoms with Crippen molar-refractivity contribution in [3.8, 4) is 5.69 Å². The lowest BCUT2D eigenvalue weighted by atomic mass is 10.2. The van der Waals surface area contributed by atoms with Crippen LogP contribution in [0.4, 0.5) is 5.69 Å². The molecule has 0 unspecified atom stereocenters. The third kappa shape index (κ3) is 3.90. The topological polar surface area (TPSA) is 64.0 Å². The monoisotopic (exact) mass is 407 g/mol. The zero-order chi connectivity index (χ0) is 18.8. The minimum atomic E-state index is -0.642. The van der Waals surface area contributed by atoms with Crippen LogP contribution in [0.1, 0.15) is 16.2 Å². The van der Waals surface area contributed by atoms with E-state index in [1.54, 1.807) is 43.3 Å². The Morgan fingerprint density at radius 2 is 1.69 bits per heavy atom. The standard InChI is InChI=1S/C18H12Cl3N3O2/c1-10-8-16(25)17(23-24(10)13-5-2-11(19)3-6-13)18(26)22-12-4-7-14(20)15(21)9-12/h2-9H,1H3,(H,22,26). The van der Waals surface area contributed by atoms with Gasteiger partial charge in [0.05, 0.1) is 15.7 Å². The Hall–Kier alpha value is -2.34. The predicted octanol–water partition coefficient (Wildman–Crippen LogP) is 4.75. The third-order valence-corrected chi connectivity index (χ3v) is 4.56. The minimum absolute atomic E-state index is 0.239. The molecule has 26 heavy (non-hydrogen) atoms. The number of anilines is 1. The summed E-state index contributed by atoms with van der Waals surface area (Å²) in [7, 11) is 0. The largest absolute Gasteiger partial charge is 0.320 e. The predicted molar refractivity (Wildman–Crippen MR) is 104 cm³/mol. The van der Waals surface area contributed by atoms with Gasteiger partial charge in [0.25, 0.3) is 5.91 Å². The maximum Gasteiger partial charge on any atom is 0.280 e. The molecule has 0 aliphatic rings. The van der Waals surface area contributed by atoms with E-state index >= 15 is 0 Å². The molecule has 0 atom stereocenters. The zero-order valence-corrected chi connectivity index (χ0v) is 15.7. The van der Waals surface area contributed by atoms with Crippen molar-refractivity contribution in [3.63, 3.8) is 0 Å². The molecule has 2 aromatic carbocycles. The molecule has 1 amide bonds. The third-order valence-electron chi connectivity index (χ3n) is 3.57. The van der Waals surface area contributed by atoms with Gasteiger partial charge in [0.15, 0.2) is 5.69 Å². The highest BCUT2D eigenvalue weighted by Crippen LogP contribution is 2.25. The highest BCUT2D eigenvalue weighted by atomic mass is 35.5. The van der Waals surface area contributed by atoms with Crippen LogP contribution < -0.4 is 10.7 Å². The van der Waals surface area contributed by atoms with Crippen LogP contribution in [-0.2, 0) is 0 Å². The molecule has 1 N–H and O–H groups in total. The zero-order valence-electron chi connectivity index (χ0n) is 13.5. The summed E-state index contributed by atoms with van der Waals surface area (Å²) in [5, 5.41) is 8.02. The fraction of sp³-hybridized carbons (Fsp3) is 0.0556. The summed E-state index contributed by atoms with van der Waals surface area (Å²) in [5.41, 5.74) is 0.949. The summed E-state index contributed by atoms with van der Waals surface area (Å²) in [6.07, 6.45) is 0. The molecule has 3 aromatic rings. The number of carbonyl (C=O) groups is 1. The number of nitrogens with zero attached hydrogens (tertiary/aromatic N) is 2. The molecule has 0 radical (unpaired) electrons. The van der Waals surface area contributed by atoms with Crippen molar-refractivity contribution < 1.29 is 4.79 Å². The second-order valence-corrected chi connectivity index (χ2v) is 6.72. The Labute approximate surface area is 164 Å². The van der Waals surface area contributed by atoms with E-state index in [1.165, 1.54) is 16.8 Å². The van der Waals surface area contributed by atoms with Crippen molar-refractivity contribution in [1.82, 2.24) is 9.78 Å². The molecule has 0 fully saturated rings. The molecule has 0 bridgehead atoms. The highest BCUT2D eigenvalue weighted by Gasteiger charge is 2.16. The van der Waals surface area contributed by atoms with Gasteiger partial charge in [-0.2, -0.15) is 5.10 Å². The van der Waals surface area contributed by atoms with Crippen molar-refractivity contribution in [2.45, 2.75) is 6.92 Å². The van der Waals surface area contributed by atoms with Crippen LogP contribution in [-0.4, -0.2) is 15.7 Å². The second-order valence-electron chi connectivity index (χ2n) is 5.47. The number of carbonyl (C=O) groups excluding carboxylic acids is 1. The van der Waals surface area contributed by atoms with E-state index in [-0.39, 0.29) is 5.69 Å². The second kappa shape index (κ2) is 7.50. The lowest BCUT2D eigenvalue weighted by Crippen LogP contribution is -2.26. The van der Waals surface area contributed by atoms with E-state index in [2.05, 4.69) is 10.4 Å². The Morgan fingerprint density at radius 1 is 1.00 bits per heavy atom. The fourth-order valence-corrected chi connectivity index (χ4v) is 2.74. The summed E-state index contributed by atoms with van der Waals surface area (Å²) >= 11 is 17.7. The number of nitrogens with one attached hydrogen (secondary N) is 1. The van der Waals surface area contributed by atoms with Crippen LogP contribution in [0.15, 0.2) is 53.3 Å². The van der Waals surface area contributed by atoms with Crippen molar-refractivity contribution in [2.24, 2.45) is 0 Å². The summed E-state index contributed by atoms with van der Waals surface area (Å²) in [4.78, 5) is 24.7. The number of rotatable bonds is 3. The first-order valence-corrected chi connectivity index (χ1v) is 8.62. The van der Waals surface area contributed by atoms with E-state index in [9.17, 15) is 9.59 Å². The van der Waals surface area contributed by atoms with Crippen LogP contribution in [0.25, 0.3) is 5.69 Å². The van der Waals surface area contributed by atoms with Gasteiger partial charge in [-0.05, 0) is 49.4 Å². The normalized spacial score (nSPS) is 10.6. The summed E-state index contributed by atoms with van der Waals surface area (Å²) in [5.74, 6) is -0.642. The van der Waals surface area contributed by atoms with E-state index in [1.807, 2.05) is 0 Å². The van der Waals surface area contributed by atoms with Gasteiger partial charge in [0.1, 0.15) is 0 Å². The fourth-order valence-electron chi connectivity index (χ4n) is 2.31. The molecule has 0 aliphatic carbocycles. The van der Waals surface area contributed by atoms with Crippen molar-refractivity contribution >= 4 is 46.4 Å². The minimum Gasteiger partial charge on any atom is -0.320 e. The van der Waals surface area contributed by atoms with E-state index < -0.39 is 11.3 Å². The molecule has 8 heteroatoms. The van der Waals surface area contributed by atoms with Gasteiger partial charge in [-0.1, -0.05) is 34.8 Å². The maximum atomic E-state index is 12.5. The van der Waals surface area contributed by atoms with Crippen molar-refractivity contribution in [2.75, 3.05) is 5.32 Å². The maximum absolute atomic E-state index is 12.5. The number of aromatic nitrogens is 2. The van der Waals surface area contributed by atoms with Gasteiger partial charge >= 0.3 is 0 Å². The Morgan fingerprint density at radius 3 is 2.35 bits per heavy atom. The first-order valence-electron chi connectivity index (χ1n) is 7.48. The number of benzene rings is 2. The molecular formula is C18H12Cl3N3O2. The SMILES string of the molecule is Cc1cc(=O)c(C(=O)Nc2ccc(Cl)c(Cl)c2)nn1-c1ccc(Cl)cc1. The number of aryl methyl sites for hydroxylation is 1. The van der Waals surface area contributed by atoms with Gasteiger partial charge < -0.3 is 5.32 Å². The smallest absolute Gasteiger partial charge is 0.280 e. The average molecular weight is 409 g/mol. The van der Waals surface area contributed by atoms with E-state index in [0.29, 0.717) is 32.1 Å². The van der Waals surface area contributed by atoms with Crippen molar-refractivity contribution in [3.05, 3.63) is 85.2 Å².